The SMILES string of the molecule is Cc1cc(F)ccc1NC1=NCC2(CCCC2)CS1. The molecule has 1 aliphatic heterocycles. The zero-order valence-electron chi connectivity index (χ0n) is 11.2. The maximum atomic E-state index is 13.1. The van der Waals surface area contributed by atoms with Gasteiger partial charge in [-0.25, -0.2) is 4.39 Å². The average molecular weight is 278 g/mol. The molecule has 1 N–H and O–H groups in total. The molecule has 4 heteroatoms. The van der Waals surface area contributed by atoms with Crippen LogP contribution in [0.1, 0.15) is 31.2 Å². The van der Waals surface area contributed by atoms with E-state index in [4.69, 9.17) is 4.99 Å². The molecule has 2 aliphatic rings. The number of nitrogens with zero attached hydrogens (tertiary/aromatic N) is 1. The van der Waals surface area contributed by atoms with Crippen LogP contribution in [0.2, 0.25) is 0 Å². The first-order chi connectivity index (χ1) is 9.17. The van der Waals surface area contributed by atoms with Crippen molar-refractivity contribution < 1.29 is 4.39 Å². The molecule has 0 atom stereocenters. The van der Waals surface area contributed by atoms with Gasteiger partial charge < -0.3 is 5.32 Å². The molecule has 1 aliphatic carbocycles. The molecule has 2 nitrogen and oxygen atoms in total. The van der Waals surface area contributed by atoms with Gasteiger partial charge in [-0.15, -0.1) is 0 Å². The van der Waals surface area contributed by atoms with E-state index < -0.39 is 0 Å². The Morgan fingerprint density at radius 3 is 2.74 bits per heavy atom. The van der Waals surface area contributed by atoms with Crippen LogP contribution >= 0.6 is 11.8 Å². The Bertz CT molecular complexity index is 507. The summed E-state index contributed by atoms with van der Waals surface area (Å²) in [6.07, 6.45) is 5.37. The Hall–Kier alpha value is -1.03. The number of hydrogen-bond acceptors (Lipinski definition) is 3. The maximum Gasteiger partial charge on any atom is 0.161 e. The predicted molar refractivity (Wildman–Crippen MR) is 80.4 cm³/mol. The Balaban J connectivity index is 1.69. The molecule has 3 rings (SSSR count). The first kappa shape index (κ1) is 13.0. The number of benzene rings is 1. The lowest BCUT2D eigenvalue weighted by Crippen LogP contribution is -2.30. The normalized spacial score (nSPS) is 21.5. The number of amidine groups is 1. The molecule has 1 heterocycles. The van der Waals surface area contributed by atoms with Gasteiger partial charge in [-0.2, -0.15) is 0 Å². The topological polar surface area (TPSA) is 24.4 Å². The van der Waals surface area contributed by atoms with Gasteiger partial charge in [0.25, 0.3) is 0 Å². The van der Waals surface area contributed by atoms with Crippen LogP contribution in [-0.2, 0) is 0 Å². The smallest absolute Gasteiger partial charge is 0.161 e. The van der Waals surface area contributed by atoms with Crippen molar-refractivity contribution in [1.29, 1.82) is 0 Å². The van der Waals surface area contributed by atoms with E-state index in [0.717, 1.165) is 23.0 Å². The van der Waals surface area contributed by atoms with E-state index in [2.05, 4.69) is 5.32 Å². The summed E-state index contributed by atoms with van der Waals surface area (Å²) in [6, 6.07) is 4.82. The molecule has 1 saturated carbocycles. The van der Waals surface area contributed by atoms with Crippen molar-refractivity contribution in [2.24, 2.45) is 10.4 Å². The number of thioether (sulfide) groups is 1. The molecule has 1 aromatic rings. The summed E-state index contributed by atoms with van der Waals surface area (Å²) in [6.45, 7) is 2.86. The van der Waals surface area contributed by atoms with Crippen molar-refractivity contribution >= 4 is 22.6 Å². The number of aryl methyl sites for hydroxylation is 1. The fourth-order valence-corrected chi connectivity index (χ4v) is 4.10. The number of aliphatic imine (C=N–C) groups is 1. The van der Waals surface area contributed by atoms with Crippen molar-refractivity contribution in [2.45, 2.75) is 32.6 Å². The van der Waals surface area contributed by atoms with Crippen LogP contribution in [0.4, 0.5) is 10.1 Å². The van der Waals surface area contributed by atoms with Crippen molar-refractivity contribution in [2.75, 3.05) is 17.6 Å². The summed E-state index contributed by atoms with van der Waals surface area (Å²) in [7, 11) is 0. The van der Waals surface area contributed by atoms with E-state index in [9.17, 15) is 4.39 Å². The lowest BCUT2D eigenvalue weighted by molar-refractivity contribution is 0.359. The van der Waals surface area contributed by atoms with Gasteiger partial charge in [0.2, 0.25) is 0 Å². The second kappa shape index (κ2) is 5.16. The van der Waals surface area contributed by atoms with E-state index >= 15 is 0 Å². The van der Waals surface area contributed by atoms with Gasteiger partial charge in [-0.05, 0) is 48.9 Å². The number of anilines is 1. The van der Waals surface area contributed by atoms with Crippen molar-refractivity contribution in [3.63, 3.8) is 0 Å². The largest absolute Gasteiger partial charge is 0.335 e. The monoisotopic (exact) mass is 278 g/mol. The standard InChI is InChI=1S/C15H19FN2S/c1-11-8-12(16)4-5-13(11)18-14-17-9-15(10-19-14)6-2-3-7-15/h4-5,8H,2-3,6-7,9-10H2,1H3,(H,17,18). The van der Waals surface area contributed by atoms with E-state index in [1.807, 2.05) is 18.7 Å². The molecule has 0 saturated heterocycles. The first-order valence-corrected chi connectivity index (χ1v) is 7.86. The maximum absolute atomic E-state index is 13.1. The minimum Gasteiger partial charge on any atom is -0.335 e. The summed E-state index contributed by atoms with van der Waals surface area (Å²) in [5.74, 6) is 0.977. The molecule has 0 bridgehead atoms. The minimum atomic E-state index is -0.189. The van der Waals surface area contributed by atoms with E-state index in [1.165, 1.54) is 37.5 Å². The summed E-state index contributed by atoms with van der Waals surface area (Å²) in [4.78, 5) is 4.70. The molecular weight excluding hydrogens is 259 g/mol. The fraction of sp³-hybridized carbons (Fsp3) is 0.533. The highest BCUT2D eigenvalue weighted by Crippen LogP contribution is 2.43. The lowest BCUT2D eigenvalue weighted by atomic mass is 9.89. The zero-order chi connectivity index (χ0) is 13.3. The Labute approximate surface area is 117 Å². The van der Waals surface area contributed by atoms with Crippen LogP contribution in [0.15, 0.2) is 23.2 Å². The van der Waals surface area contributed by atoms with E-state index in [0.29, 0.717) is 5.41 Å². The quantitative estimate of drug-likeness (QED) is 0.832. The van der Waals surface area contributed by atoms with Gasteiger partial charge in [-0.1, -0.05) is 24.6 Å². The molecule has 0 amide bonds. The van der Waals surface area contributed by atoms with Gasteiger partial charge in [-0.3, -0.25) is 4.99 Å². The van der Waals surface area contributed by atoms with Crippen LogP contribution in [0.5, 0.6) is 0 Å². The number of hydrogen-bond donors (Lipinski definition) is 1. The summed E-state index contributed by atoms with van der Waals surface area (Å²) in [5, 5.41) is 4.31. The highest BCUT2D eigenvalue weighted by atomic mass is 32.2. The Kier molecular flexibility index (Phi) is 3.52. The van der Waals surface area contributed by atoms with Crippen LogP contribution < -0.4 is 5.32 Å². The second-order valence-electron chi connectivity index (χ2n) is 5.70. The van der Waals surface area contributed by atoms with Crippen molar-refractivity contribution in [3.8, 4) is 0 Å². The number of nitrogens with one attached hydrogen (secondary N) is 1. The lowest BCUT2D eigenvalue weighted by Gasteiger charge is -2.31. The third-order valence-corrected chi connectivity index (χ3v) is 5.43. The molecule has 0 unspecified atom stereocenters. The van der Waals surface area contributed by atoms with E-state index in [1.54, 1.807) is 12.1 Å². The van der Waals surface area contributed by atoms with Gasteiger partial charge in [0, 0.05) is 18.0 Å². The highest BCUT2D eigenvalue weighted by molar-refractivity contribution is 8.14. The Morgan fingerprint density at radius 2 is 2.11 bits per heavy atom. The Morgan fingerprint density at radius 1 is 1.32 bits per heavy atom. The average Bonchev–Trinajstić information content (AvgIpc) is 2.84. The van der Waals surface area contributed by atoms with Crippen LogP contribution in [0.3, 0.4) is 0 Å². The minimum absolute atomic E-state index is 0.189. The summed E-state index contributed by atoms with van der Waals surface area (Å²) in [5.41, 5.74) is 2.34. The zero-order valence-corrected chi connectivity index (χ0v) is 12.0. The van der Waals surface area contributed by atoms with Gasteiger partial charge in [0.05, 0.1) is 0 Å². The van der Waals surface area contributed by atoms with E-state index in [-0.39, 0.29) is 5.82 Å². The van der Waals surface area contributed by atoms with Crippen LogP contribution in [0.25, 0.3) is 0 Å². The third kappa shape index (κ3) is 2.78. The molecule has 0 aromatic heterocycles. The molecule has 1 aromatic carbocycles. The highest BCUT2D eigenvalue weighted by Gasteiger charge is 2.36. The summed E-state index contributed by atoms with van der Waals surface area (Å²) < 4.78 is 13.1. The van der Waals surface area contributed by atoms with Crippen LogP contribution in [0, 0.1) is 18.2 Å². The summed E-state index contributed by atoms with van der Waals surface area (Å²) >= 11 is 1.81. The molecule has 0 radical (unpaired) electrons. The van der Waals surface area contributed by atoms with Crippen molar-refractivity contribution in [3.05, 3.63) is 29.6 Å². The van der Waals surface area contributed by atoms with Gasteiger partial charge >= 0.3 is 0 Å². The molecule has 1 spiro atoms. The molecule has 19 heavy (non-hydrogen) atoms. The van der Waals surface area contributed by atoms with Crippen LogP contribution in [-0.4, -0.2) is 17.5 Å². The number of halogens is 1. The van der Waals surface area contributed by atoms with Gasteiger partial charge in [0.15, 0.2) is 5.17 Å². The molecule has 102 valence electrons. The van der Waals surface area contributed by atoms with Crippen molar-refractivity contribution in [1.82, 2.24) is 0 Å². The molecular formula is C15H19FN2S. The third-order valence-electron chi connectivity index (χ3n) is 4.17. The first-order valence-electron chi connectivity index (χ1n) is 6.87. The van der Waals surface area contributed by atoms with Gasteiger partial charge in [0.1, 0.15) is 5.82 Å². The predicted octanol–water partition coefficient (Wildman–Crippen LogP) is 4.21. The molecule has 1 fully saturated rings. The fourth-order valence-electron chi connectivity index (χ4n) is 2.94. The number of rotatable bonds is 1. The second-order valence-corrected chi connectivity index (χ2v) is 6.67.